The second-order valence-electron chi connectivity index (χ2n) is 5.89. The van der Waals surface area contributed by atoms with Crippen molar-refractivity contribution in [3.8, 4) is 0 Å². The Labute approximate surface area is 161 Å². The Morgan fingerprint density at radius 3 is 2.42 bits per heavy atom. The fourth-order valence-corrected chi connectivity index (χ4v) is 4.15. The van der Waals surface area contributed by atoms with Crippen LogP contribution in [0.4, 0.5) is 0 Å². The minimum Gasteiger partial charge on any atom is -0.340 e. The third-order valence-corrected chi connectivity index (χ3v) is 5.35. The SMILES string of the molecule is Cl.Cl.O=C(C(c1ccccc1)N1CCSCC1)N1CCCNCC1. The molecule has 24 heavy (non-hydrogen) atoms. The maximum absolute atomic E-state index is 13.2. The molecule has 1 N–H and O–H groups in total. The van der Waals surface area contributed by atoms with Gasteiger partial charge in [0.05, 0.1) is 0 Å². The Hall–Kier alpha value is -0.460. The molecule has 136 valence electrons. The second-order valence-corrected chi connectivity index (χ2v) is 7.12. The summed E-state index contributed by atoms with van der Waals surface area (Å²) in [7, 11) is 0. The van der Waals surface area contributed by atoms with Crippen molar-refractivity contribution in [1.29, 1.82) is 0 Å². The summed E-state index contributed by atoms with van der Waals surface area (Å²) in [6.45, 7) is 5.62. The van der Waals surface area contributed by atoms with E-state index in [2.05, 4.69) is 27.2 Å². The normalized spacial score (nSPS) is 20.2. The van der Waals surface area contributed by atoms with E-state index in [0.29, 0.717) is 0 Å². The van der Waals surface area contributed by atoms with E-state index in [4.69, 9.17) is 0 Å². The van der Waals surface area contributed by atoms with E-state index >= 15 is 0 Å². The molecule has 2 heterocycles. The summed E-state index contributed by atoms with van der Waals surface area (Å²) in [6.07, 6.45) is 1.04. The molecule has 1 aromatic rings. The highest BCUT2D eigenvalue weighted by Crippen LogP contribution is 2.26. The van der Waals surface area contributed by atoms with Crippen molar-refractivity contribution in [2.24, 2.45) is 0 Å². The lowest BCUT2D eigenvalue weighted by molar-refractivity contribution is -0.137. The molecule has 2 aliphatic heterocycles. The molecule has 2 saturated heterocycles. The summed E-state index contributed by atoms with van der Waals surface area (Å²) in [5.41, 5.74) is 1.14. The van der Waals surface area contributed by atoms with Gasteiger partial charge >= 0.3 is 0 Å². The fraction of sp³-hybridized carbons (Fsp3) is 0.588. The summed E-state index contributed by atoms with van der Waals surface area (Å²) >= 11 is 1.99. The molecular formula is C17H27Cl2N3OS. The van der Waals surface area contributed by atoms with Gasteiger partial charge in [0.2, 0.25) is 5.91 Å². The summed E-state index contributed by atoms with van der Waals surface area (Å²) in [4.78, 5) is 17.6. The van der Waals surface area contributed by atoms with Gasteiger partial charge in [-0.05, 0) is 18.5 Å². The topological polar surface area (TPSA) is 35.6 Å². The molecule has 1 amide bonds. The lowest BCUT2D eigenvalue weighted by Gasteiger charge is -2.36. The van der Waals surface area contributed by atoms with Crippen LogP contribution in [0.3, 0.4) is 0 Å². The maximum Gasteiger partial charge on any atom is 0.244 e. The van der Waals surface area contributed by atoms with Gasteiger partial charge < -0.3 is 10.2 Å². The van der Waals surface area contributed by atoms with E-state index in [0.717, 1.165) is 62.8 Å². The summed E-state index contributed by atoms with van der Waals surface area (Å²) in [6, 6.07) is 10.2. The van der Waals surface area contributed by atoms with Crippen molar-refractivity contribution in [2.75, 3.05) is 50.8 Å². The minimum atomic E-state index is -0.111. The fourth-order valence-electron chi connectivity index (χ4n) is 3.22. The number of benzene rings is 1. The van der Waals surface area contributed by atoms with Gasteiger partial charge in [0, 0.05) is 44.2 Å². The molecule has 0 spiro atoms. The number of carbonyl (C=O) groups is 1. The number of hydrogen-bond acceptors (Lipinski definition) is 4. The van der Waals surface area contributed by atoms with E-state index in [1.807, 2.05) is 30.0 Å². The second kappa shape index (κ2) is 11.2. The van der Waals surface area contributed by atoms with Crippen LogP contribution in [0.15, 0.2) is 30.3 Å². The predicted octanol–water partition coefficient (Wildman–Crippen LogP) is 2.44. The number of nitrogens with one attached hydrogen (secondary N) is 1. The third-order valence-electron chi connectivity index (χ3n) is 4.41. The zero-order valence-corrected chi connectivity index (χ0v) is 16.3. The van der Waals surface area contributed by atoms with E-state index in [-0.39, 0.29) is 36.8 Å². The van der Waals surface area contributed by atoms with Crippen molar-refractivity contribution >= 4 is 42.5 Å². The van der Waals surface area contributed by atoms with Gasteiger partial charge in [0.25, 0.3) is 0 Å². The smallest absolute Gasteiger partial charge is 0.244 e. The van der Waals surface area contributed by atoms with E-state index in [9.17, 15) is 4.79 Å². The van der Waals surface area contributed by atoms with Gasteiger partial charge in [0.1, 0.15) is 6.04 Å². The molecule has 0 aliphatic carbocycles. The number of rotatable bonds is 3. The molecule has 2 fully saturated rings. The van der Waals surface area contributed by atoms with Crippen LogP contribution in [0.25, 0.3) is 0 Å². The zero-order chi connectivity index (χ0) is 15.2. The lowest BCUT2D eigenvalue weighted by Crippen LogP contribution is -2.46. The first-order valence-electron chi connectivity index (χ1n) is 8.22. The third kappa shape index (κ3) is 5.53. The molecule has 1 unspecified atom stereocenters. The molecule has 0 saturated carbocycles. The minimum absolute atomic E-state index is 0. The van der Waals surface area contributed by atoms with Crippen LogP contribution in [0.5, 0.6) is 0 Å². The Morgan fingerprint density at radius 2 is 1.71 bits per heavy atom. The quantitative estimate of drug-likeness (QED) is 0.857. The Morgan fingerprint density at radius 1 is 1.00 bits per heavy atom. The summed E-state index contributed by atoms with van der Waals surface area (Å²) < 4.78 is 0. The summed E-state index contributed by atoms with van der Waals surface area (Å²) in [5, 5.41) is 3.38. The van der Waals surface area contributed by atoms with Crippen LogP contribution in [0.1, 0.15) is 18.0 Å². The molecule has 4 nitrogen and oxygen atoms in total. The number of carbonyl (C=O) groups excluding carboxylic acids is 1. The lowest BCUT2D eigenvalue weighted by atomic mass is 10.0. The molecule has 1 atom stereocenters. The van der Waals surface area contributed by atoms with Crippen LogP contribution in [0.2, 0.25) is 0 Å². The van der Waals surface area contributed by atoms with Crippen molar-refractivity contribution < 1.29 is 4.79 Å². The average molecular weight is 392 g/mol. The standard InChI is InChI=1S/C17H25N3OS.2ClH/c21-17(20-9-4-7-18-8-10-20)16(15-5-2-1-3-6-15)19-11-13-22-14-12-19;;/h1-3,5-6,16,18H,4,7-14H2;2*1H. The summed E-state index contributed by atoms with van der Waals surface area (Å²) in [5.74, 6) is 2.53. The maximum atomic E-state index is 13.2. The molecule has 2 aliphatic rings. The van der Waals surface area contributed by atoms with Gasteiger partial charge in [0.15, 0.2) is 0 Å². The Balaban J connectivity index is 0.00000144. The van der Waals surface area contributed by atoms with Crippen molar-refractivity contribution in [2.45, 2.75) is 12.5 Å². The molecule has 1 aromatic carbocycles. The first kappa shape index (κ1) is 21.6. The van der Waals surface area contributed by atoms with Gasteiger partial charge in [-0.15, -0.1) is 24.8 Å². The van der Waals surface area contributed by atoms with Crippen molar-refractivity contribution in [1.82, 2.24) is 15.1 Å². The average Bonchev–Trinajstić information content (AvgIpc) is 2.86. The number of thioether (sulfide) groups is 1. The van der Waals surface area contributed by atoms with Crippen LogP contribution in [0, 0.1) is 0 Å². The van der Waals surface area contributed by atoms with Crippen molar-refractivity contribution in [3.63, 3.8) is 0 Å². The number of nitrogens with zero attached hydrogens (tertiary/aromatic N) is 2. The molecule has 3 rings (SSSR count). The Bertz CT molecular complexity index is 478. The molecular weight excluding hydrogens is 365 g/mol. The van der Waals surface area contributed by atoms with E-state index in [1.165, 1.54) is 0 Å². The number of amides is 1. The predicted molar refractivity (Wildman–Crippen MR) is 107 cm³/mol. The monoisotopic (exact) mass is 391 g/mol. The largest absolute Gasteiger partial charge is 0.340 e. The molecule has 0 aromatic heterocycles. The molecule has 0 bridgehead atoms. The molecule has 0 radical (unpaired) electrons. The van der Waals surface area contributed by atoms with Crippen molar-refractivity contribution in [3.05, 3.63) is 35.9 Å². The Kier molecular flexibility index (Phi) is 10.1. The van der Waals surface area contributed by atoms with E-state index in [1.54, 1.807) is 0 Å². The van der Waals surface area contributed by atoms with Gasteiger partial charge in [-0.25, -0.2) is 0 Å². The highest BCUT2D eigenvalue weighted by atomic mass is 35.5. The zero-order valence-electron chi connectivity index (χ0n) is 13.9. The van der Waals surface area contributed by atoms with Gasteiger partial charge in [-0.2, -0.15) is 11.8 Å². The highest BCUT2D eigenvalue weighted by Gasteiger charge is 2.32. The van der Waals surface area contributed by atoms with Crippen LogP contribution in [-0.4, -0.2) is 66.5 Å². The highest BCUT2D eigenvalue weighted by molar-refractivity contribution is 7.99. The van der Waals surface area contributed by atoms with Crippen LogP contribution < -0.4 is 5.32 Å². The first-order valence-corrected chi connectivity index (χ1v) is 9.38. The number of hydrogen-bond donors (Lipinski definition) is 1. The van der Waals surface area contributed by atoms with Crippen LogP contribution >= 0.6 is 36.6 Å². The number of halogens is 2. The van der Waals surface area contributed by atoms with Gasteiger partial charge in [-0.3, -0.25) is 9.69 Å². The first-order chi connectivity index (χ1) is 10.9. The van der Waals surface area contributed by atoms with E-state index < -0.39 is 0 Å². The van der Waals surface area contributed by atoms with Gasteiger partial charge in [-0.1, -0.05) is 30.3 Å². The molecule has 7 heteroatoms. The van der Waals surface area contributed by atoms with Crippen LogP contribution in [-0.2, 0) is 4.79 Å².